The zero-order valence-electron chi connectivity index (χ0n) is 8.94. The van der Waals surface area contributed by atoms with E-state index in [1.807, 2.05) is 0 Å². The standard InChI is InChI=1S/C10H24OSi/c1-4-7-9-12-11-10(6-3)8-5-2/h10H,4-9,12H2,1-3H3. The van der Waals surface area contributed by atoms with Crippen molar-refractivity contribution in [3.05, 3.63) is 0 Å². The summed E-state index contributed by atoms with van der Waals surface area (Å²) in [4.78, 5) is 0. The van der Waals surface area contributed by atoms with Crippen LogP contribution in [0, 0.1) is 0 Å². The van der Waals surface area contributed by atoms with Crippen LogP contribution in [-0.4, -0.2) is 15.9 Å². The van der Waals surface area contributed by atoms with Crippen LogP contribution >= 0.6 is 0 Å². The maximum Gasteiger partial charge on any atom is 0.161 e. The monoisotopic (exact) mass is 188 g/mol. The molecule has 1 atom stereocenters. The van der Waals surface area contributed by atoms with Crippen LogP contribution in [0.15, 0.2) is 0 Å². The van der Waals surface area contributed by atoms with Crippen LogP contribution in [0.2, 0.25) is 6.04 Å². The van der Waals surface area contributed by atoms with Crippen molar-refractivity contribution in [1.29, 1.82) is 0 Å². The summed E-state index contributed by atoms with van der Waals surface area (Å²) in [6.07, 6.45) is 7.00. The second-order valence-electron chi connectivity index (χ2n) is 3.40. The molecule has 0 fully saturated rings. The van der Waals surface area contributed by atoms with Crippen LogP contribution in [0.1, 0.15) is 52.9 Å². The van der Waals surface area contributed by atoms with Gasteiger partial charge in [-0.2, -0.15) is 0 Å². The van der Waals surface area contributed by atoms with E-state index in [2.05, 4.69) is 20.8 Å². The molecule has 0 aliphatic heterocycles. The molecule has 0 aliphatic rings. The van der Waals surface area contributed by atoms with E-state index >= 15 is 0 Å². The van der Waals surface area contributed by atoms with Gasteiger partial charge in [-0.25, -0.2) is 0 Å². The van der Waals surface area contributed by atoms with Gasteiger partial charge in [0.1, 0.15) is 0 Å². The summed E-state index contributed by atoms with van der Waals surface area (Å²) in [6.45, 7) is 6.71. The van der Waals surface area contributed by atoms with Gasteiger partial charge in [-0.15, -0.1) is 0 Å². The van der Waals surface area contributed by atoms with E-state index in [0.29, 0.717) is 6.10 Å². The maximum atomic E-state index is 5.87. The highest BCUT2D eigenvalue weighted by molar-refractivity contribution is 6.27. The molecule has 0 N–H and O–H groups in total. The second kappa shape index (κ2) is 9.27. The van der Waals surface area contributed by atoms with Gasteiger partial charge in [-0.05, 0) is 18.9 Å². The van der Waals surface area contributed by atoms with E-state index in [1.165, 1.54) is 38.1 Å². The SMILES string of the molecule is CCCC[SiH2]OC(CC)CCC. The van der Waals surface area contributed by atoms with Crippen molar-refractivity contribution in [3.63, 3.8) is 0 Å². The molecule has 12 heavy (non-hydrogen) atoms. The average molecular weight is 188 g/mol. The van der Waals surface area contributed by atoms with Crippen LogP contribution in [0.4, 0.5) is 0 Å². The van der Waals surface area contributed by atoms with Crippen LogP contribution in [-0.2, 0) is 4.43 Å². The first-order chi connectivity index (χ1) is 5.85. The highest BCUT2D eigenvalue weighted by Crippen LogP contribution is 2.06. The average Bonchev–Trinajstić information content (AvgIpc) is 2.10. The predicted octanol–water partition coefficient (Wildman–Crippen LogP) is 2.88. The Balaban J connectivity index is 3.19. The Bertz CT molecular complexity index is 85.9. The molecule has 0 rings (SSSR count). The highest BCUT2D eigenvalue weighted by atomic mass is 28.2. The fraction of sp³-hybridized carbons (Fsp3) is 1.00. The molecule has 0 aliphatic carbocycles. The molecular formula is C10H24OSi. The van der Waals surface area contributed by atoms with Crippen LogP contribution < -0.4 is 0 Å². The largest absolute Gasteiger partial charge is 0.421 e. The summed E-state index contributed by atoms with van der Waals surface area (Å²) in [5, 5.41) is 0. The molecule has 0 heterocycles. The molecule has 0 radical (unpaired) electrons. The zero-order chi connectivity index (χ0) is 9.23. The Kier molecular flexibility index (Phi) is 9.40. The van der Waals surface area contributed by atoms with Crippen molar-refractivity contribution < 1.29 is 4.43 Å². The predicted molar refractivity (Wildman–Crippen MR) is 58.3 cm³/mol. The van der Waals surface area contributed by atoms with Gasteiger partial charge >= 0.3 is 0 Å². The van der Waals surface area contributed by atoms with Gasteiger partial charge in [0.15, 0.2) is 9.76 Å². The topological polar surface area (TPSA) is 9.23 Å². The van der Waals surface area contributed by atoms with E-state index in [-0.39, 0.29) is 9.76 Å². The van der Waals surface area contributed by atoms with Crippen molar-refractivity contribution in [2.45, 2.75) is 65.0 Å². The van der Waals surface area contributed by atoms with Crippen molar-refractivity contribution >= 4 is 9.76 Å². The van der Waals surface area contributed by atoms with Crippen molar-refractivity contribution in [2.75, 3.05) is 0 Å². The molecule has 0 saturated carbocycles. The van der Waals surface area contributed by atoms with Gasteiger partial charge in [0.2, 0.25) is 0 Å². The van der Waals surface area contributed by atoms with Crippen LogP contribution in [0.5, 0.6) is 0 Å². The zero-order valence-corrected chi connectivity index (χ0v) is 10.3. The first-order valence-electron chi connectivity index (χ1n) is 5.46. The van der Waals surface area contributed by atoms with Crippen molar-refractivity contribution in [1.82, 2.24) is 0 Å². The van der Waals surface area contributed by atoms with Gasteiger partial charge in [-0.1, -0.05) is 40.0 Å². The molecule has 0 aromatic heterocycles. The Morgan fingerprint density at radius 3 is 2.42 bits per heavy atom. The van der Waals surface area contributed by atoms with Crippen molar-refractivity contribution in [2.24, 2.45) is 0 Å². The Hall–Kier alpha value is 0.177. The van der Waals surface area contributed by atoms with E-state index in [9.17, 15) is 0 Å². The van der Waals surface area contributed by atoms with Gasteiger partial charge in [-0.3, -0.25) is 0 Å². The molecule has 1 unspecified atom stereocenters. The van der Waals surface area contributed by atoms with Gasteiger partial charge < -0.3 is 4.43 Å². The summed E-state index contributed by atoms with van der Waals surface area (Å²) < 4.78 is 5.87. The molecule has 0 aromatic rings. The molecule has 74 valence electrons. The van der Waals surface area contributed by atoms with Crippen LogP contribution in [0.25, 0.3) is 0 Å². The van der Waals surface area contributed by atoms with E-state index in [0.717, 1.165) is 0 Å². The molecule has 0 amide bonds. The number of hydrogen-bond donors (Lipinski definition) is 0. The molecule has 2 heteroatoms. The van der Waals surface area contributed by atoms with Gasteiger partial charge in [0.05, 0.1) is 0 Å². The molecule has 0 bridgehead atoms. The van der Waals surface area contributed by atoms with Gasteiger partial charge in [0.25, 0.3) is 0 Å². The summed E-state index contributed by atoms with van der Waals surface area (Å²) in [5.41, 5.74) is 0. The second-order valence-corrected chi connectivity index (χ2v) is 4.85. The lowest BCUT2D eigenvalue weighted by Crippen LogP contribution is -2.14. The first-order valence-corrected chi connectivity index (χ1v) is 7.04. The Labute approximate surface area is 79.8 Å². The molecule has 0 saturated heterocycles. The number of rotatable bonds is 8. The number of hydrogen-bond acceptors (Lipinski definition) is 1. The number of unbranched alkanes of at least 4 members (excludes halogenated alkanes) is 1. The molecule has 0 spiro atoms. The molecule has 1 nitrogen and oxygen atoms in total. The smallest absolute Gasteiger partial charge is 0.161 e. The normalized spacial score (nSPS) is 14.2. The van der Waals surface area contributed by atoms with Crippen LogP contribution in [0.3, 0.4) is 0 Å². The summed E-state index contributed by atoms with van der Waals surface area (Å²) in [6, 6.07) is 1.37. The lowest BCUT2D eigenvalue weighted by molar-refractivity contribution is 0.194. The maximum absolute atomic E-state index is 5.87. The van der Waals surface area contributed by atoms with Crippen molar-refractivity contribution in [3.8, 4) is 0 Å². The lowest BCUT2D eigenvalue weighted by atomic mass is 10.2. The third kappa shape index (κ3) is 6.86. The summed E-state index contributed by atoms with van der Waals surface area (Å²) in [5.74, 6) is 0. The third-order valence-electron chi connectivity index (χ3n) is 2.17. The third-order valence-corrected chi connectivity index (χ3v) is 3.66. The highest BCUT2D eigenvalue weighted by Gasteiger charge is 2.03. The minimum Gasteiger partial charge on any atom is -0.421 e. The quantitative estimate of drug-likeness (QED) is 0.420. The summed E-state index contributed by atoms with van der Waals surface area (Å²) in [7, 11) is -0.178. The van der Waals surface area contributed by atoms with E-state index < -0.39 is 0 Å². The van der Waals surface area contributed by atoms with E-state index in [1.54, 1.807) is 0 Å². The molecular weight excluding hydrogens is 164 g/mol. The van der Waals surface area contributed by atoms with E-state index in [4.69, 9.17) is 4.43 Å². The Morgan fingerprint density at radius 1 is 1.17 bits per heavy atom. The molecule has 0 aromatic carbocycles. The fourth-order valence-electron chi connectivity index (χ4n) is 1.33. The minimum absolute atomic E-state index is 0.178. The summed E-state index contributed by atoms with van der Waals surface area (Å²) >= 11 is 0. The van der Waals surface area contributed by atoms with Gasteiger partial charge in [0, 0.05) is 6.10 Å². The minimum atomic E-state index is -0.178. The lowest BCUT2D eigenvalue weighted by Gasteiger charge is -2.14. The Morgan fingerprint density at radius 2 is 1.92 bits per heavy atom. The first kappa shape index (κ1) is 12.2. The fourth-order valence-corrected chi connectivity index (χ4v) is 2.94.